The molecular weight excluding hydrogens is 438 g/mol. The third-order valence-corrected chi connectivity index (χ3v) is 6.88. The summed E-state index contributed by atoms with van der Waals surface area (Å²) in [5.41, 5.74) is -0.787. The van der Waals surface area contributed by atoms with E-state index in [0.29, 0.717) is 18.6 Å². The summed E-state index contributed by atoms with van der Waals surface area (Å²) >= 11 is 0. The number of carbonyl (C=O) groups is 2. The van der Waals surface area contributed by atoms with Crippen molar-refractivity contribution in [3.8, 4) is 5.75 Å². The molecule has 0 bridgehead atoms. The Hall–Kier alpha value is -2.21. The lowest BCUT2D eigenvalue weighted by Gasteiger charge is -2.21. The van der Waals surface area contributed by atoms with Gasteiger partial charge in [0, 0.05) is 6.61 Å². The molecule has 1 saturated carbocycles. The van der Waals surface area contributed by atoms with Gasteiger partial charge in [-0.3, -0.25) is 15.0 Å². The monoisotopic (exact) mass is 469 g/mol. The maximum atomic E-state index is 12.6. The molecule has 0 aromatic heterocycles. The van der Waals surface area contributed by atoms with E-state index in [1.54, 1.807) is 39.0 Å². The molecule has 0 spiro atoms. The highest BCUT2D eigenvalue weighted by Gasteiger charge is 2.47. The summed E-state index contributed by atoms with van der Waals surface area (Å²) in [6.07, 6.45) is 1.62. The normalized spacial score (nSPS) is 20.4. The minimum Gasteiger partial charge on any atom is -0.491 e. The summed E-state index contributed by atoms with van der Waals surface area (Å²) < 4.78 is 39.0. The smallest absolute Gasteiger partial charge is 0.326 e. The van der Waals surface area contributed by atoms with Gasteiger partial charge in [0.05, 0.1) is 16.9 Å². The number of nitrogens with zero attached hydrogens (tertiary/aromatic N) is 1. The molecule has 178 valence electrons. The van der Waals surface area contributed by atoms with Gasteiger partial charge in [-0.05, 0) is 57.7 Å². The van der Waals surface area contributed by atoms with Crippen molar-refractivity contribution in [2.45, 2.75) is 57.2 Å². The average Bonchev–Trinajstić information content (AvgIpc) is 3.43. The van der Waals surface area contributed by atoms with Crippen LogP contribution in [0.4, 0.5) is 4.79 Å². The van der Waals surface area contributed by atoms with E-state index in [1.807, 2.05) is 6.07 Å². The van der Waals surface area contributed by atoms with Crippen molar-refractivity contribution in [1.29, 1.82) is 0 Å². The first-order chi connectivity index (χ1) is 14.9. The number of benzene rings is 1. The molecule has 2 aliphatic rings. The first-order valence-corrected chi connectivity index (χ1v) is 12.2. The Labute approximate surface area is 188 Å². The van der Waals surface area contributed by atoms with Crippen LogP contribution in [0.1, 0.15) is 45.6 Å². The Balaban J connectivity index is 1.47. The molecule has 2 fully saturated rings. The SMILES string of the molecule is C[C@@H]1C(=O)NC(=O)N1COCCCS(=O)(=O)NC1(c2cccc(OCC(C)(C)O)c2)CC1. The number of amides is 3. The fourth-order valence-electron chi connectivity index (χ4n) is 3.35. The van der Waals surface area contributed by atoms with E-state index in [0.717, 1.165) is 5.56 Å². The molecule has 11 heteroatoms. The molecule has 3 N–H and O–H groups in total. The van der Waals surface area contributed by atoms with Gasteiger partial charge in [0.15, 0.2) is 0 Å². The van der Waals surface area contributed by atoms with Crippen LogP contribution in [0.5, 0.6) is 5.75 Å². The number of aliphatic hydroxyl groups is 1. The lowest BCUT2D eigenvalue weighted by molar-refractivity contribution is -0.121. The highest BCUT2D eigenvalue weighted by Crippen LogP contribution is 2.46. The van der Waals surface area contributed by atoms with Crippen LogP contribution in [0.25, 0.3) is 0 Å². The maximum absolute atomic E-state index is 12.6. The first-order valence-electron chi connectivity index (χ1n) is 10.6. The molecule has 1 aliphatic carbocycles. The highest BCUT2D eigenvalue weighted by molar-refractivity contribution is 7.89. The zero-order chi connectivity index (χ0) is 23.6. The molecule has 3 amide bonds. The highest BCUT2D eigenvalue weighted by atomic mass is 32.2. The Morgan fingerprint density at radius 3 is 2.62 bits per heavy atom. The lowest BCUT2D eigenvalue weighted by atomic mass is 10.1. The molecule has 0 radical (unpaired) electrons. The topological polar surface area (TPSA) is 134 Å². The van der Waals surface area contributed by atoms with Crippen LogP contribution in [0.15, 0.2) is 24.3 Å². The van der Waals surface area contributed by atoms with Crippen LogP contribution in [0, 0.1) is 0 Å². The number of urea groups is 1. The number of sulfonamides is 1. The van der Waals surface area contributed by atoms with Crippen LogP contribution in [-0.4, -0.2) is 67.7 Å². The van der Waals surface area contributed by atoms with Gasteiger partial charge in [0.2, 0.25) is 10.0 Å². The Morgan fingerprint density at radius 1 is 1.31 bits per heavy atom. The van der Waals surface area contributed by atoms with Crippen LogP contribution in [0.3, 0.4) is 0 Å². The van der Waals surface area contributed by atoms with Gasteiger partial charge in [-0.15, -0.1) is 0 Å². The number of hydrogen-bond acceptors (Lipinski definition) is 7. The molecule has 1 aromatic carbocycles. The largest absolute Gasteiger partial charge is 0.491 e. The number of carbonyl (C=O) groups excluding carboxylic acids is 2. The molecule has 1 atom stereocenters. The van der Waals surface area contributed by atoms with E-state index in [-0.39, 0.29) is 38.0 Å². The Kier molecular flexibility index (Phi) is 7.13. The summed E-state index contributed by atoms with van der Waals surface area (Å²) in [5, 5.41) is 12.0. The molecule has 1 aromatic rings. The standard InChI is InChI=1S/C21H31N3O7S/c1-15-18(25)22-19(26)24(15)14-30-10-5-11-32(28,29)23-21(8-9-21)16-6-4-7-17(12-16)31-13-20(2,3)27/h4,6-7,12,15,23,27H,5,8-11,13-14H2,1-3H3,(H,22,25,26)/t15-/m1/s1. The van der Waals surface area contributed by atoms with Gasteiger partial charge in [-0.25, -0.2) is 17.9 Å². The minimum absolute atomic E-state index is 0.0758. The number of rotatable bonds is 12. The molecular formula is C21H31N3O7S. The van der Waals surface area contributed by atoms with E-state index < -0.39 is 33.2 Å². The van der Waals surface area contributed by atoms with Gasteiger partial charge in [-0.1, -0.05) is 12.1 Å². The van der Waals surface area contributed by atoms with E-state index in [2.05, 4.69) is 10.0 Å². The quantitative estimate of drug-likeness (QED) is 0.308. The molecule has 10 nitrogen and oxygen atoms in total. The van der Waals surface area contributed by atoms with E-state index >= 15 is 0 Å². The van der Waals surface area contributed by atoms with Crippen molar-refractivity contribution in [1.82, 2.24) is 14.9 Å². The minimum atomic E-state index is -3.56. The number of imide groups is 1. The summed E-state index contributed by atoms with van der Waals surface area (Å²) in [6.45, 7) is 5.08. The van der Waals surface area contributed by atoms with E-state index in [9.17, 15) is 23.1 Å². The maximum Gasteiger partial charge on any atom is 0.326 e. The second-order valence-electron chi connectivity index (χ2n) is 8.96. The summed E-state index contributed by atoms with van der Waals surface area (Å²) in [6, 6.07) is 6.11. The Morgan fingerprint density at radius 2 is 2.03 bits per heavy atom. The van der Waals surface area contributed by atoms with Gasteiger partial charge in [0.1, 0.15) is 25.1 Å². The lowest BCUT2D eigenvalue weighted by Crippen LogP contribution is -2.37. The second kappa shape index (κ2) is 9.34. The van der Waals surface area contributed by atoms with Crippen molar-refractivity contribution in [3.63, 3.8) is 0 Å². The molecule has 32 heavy (non-hydrogen) atoms. The van der Waals surface area contributed by atoms with Crippen LogP contribution >= 0.6 is 0 Å². The van der Waals surface area contributed by atoms with Gasteiger partial charge >= 0.3 is 6.03 Å². The van der Waals surface area contributed by atoms with Gasteiger partial charge in [-0.2, -0.15) is 0 Å². The Bertz CT molecular complexity index is 954. The number of hydrogen-bond donors (Lipinski definition) is 3. The zero-order valence-electron chi connectivity index (χ0n) is 18.6. The van der Waals surface area contributed by atoms with Crippen molar-refractivity contribution in [2.24, 2.45) is 0 Å². The average molecular weight is 470 g/mol. The number of nitrogens with one attached hydrogen (secondary N) is 2. The fraction of sp³-hybridized carbons (Fsp3) is 0.619. The summed E-state index contributed by atoms with van der Waals surface area (Å²) in [5.74, 6) is 0.0708. The van der Waals surface area contributed by atoms with Crippen molar-refractivity contribution >= 4 is 22.0 Å². The third kappa shape index (κ3) is 6.41. The van der Waals surface area contributed by atoms with Gasteiger partial charge in [0.25, 0.3) is 5.91 Å². The van der Waals surface area contributed by atoms with Crippen molar-refractivity contribution in [3.05, 3.63) is 29.8 Å². The fourth-order valence-corrected chi connectivity index (χ4v) is 4.87. The molecule has 0 unspecified atom stereocenters. The van der Waals surface area contributed by atoms with Crippen LogP contribution in [-0.2, 0) is 25.1 Å². The molecule has 3 rings (SSSR count). The van der Waals surface area contributed by atoms with E-state index in [1.165, 1.54) is 4.90 Å². The molecule has 1 heterocycles. The zero-order valence-corrected chi connectivity index (χ0v) is 19.4. The molecule has 1 saturated heterocycles. The predicted molar refractivity (Wildman–Crippen MR) is 116 cm³/mol. The van der Waals surface area contributed by atoms with Crippen LogP contribution in [0.2, 0.25) is 0 Å². The molecule has 1 aliphatic heterocycles. The third-order valence-electron chi connectivity index (χ3n) is 5.35. The second-order valence-corrected chi connectivity index (χ2v) is 10.8. The first kappa shape index (κ1) is 24.4. The van der Waals surface area contributed by atoms with Crippen molar-refractivity contribution < 1.29 is 32.6 Å². The van der Waals surface area contributed by atoms with Crippen molar-refractivity contribution in [2.75, 3.05) is 25.7 Å². The summed E-state index contributed by atoms with van der Waals surface area (Å²) in [4.78, 5) is 24.3. The van der Waals surface area contributed by atoms with Gasteiger partial charge < -0.3 is 14.6 Å². The predicted octanol–water partition coefficient (Wildman–Crippen LogP) is 1.05. The number of ether oxygens (including phenoxy) is 2. The van der Waals surface area contributed by atoms with Crippen LogP contribution < -0.4 is 14.8 Å². The van der Waals surface area contributed by atoms with E-state index in [4.69, 9.17) is 9.47 Å². The summed E-state index contributed by atoms with van der Waals surface area (Å²) in [7, 11) is -3.56.